The number of nitrogens with one attached hydrogen (secondary N) is 2. The number of H-pyrrole nitrogens is 2. The van der Waals surface area contributed by atoms with Gasteiger partial charge >= 0.3 is 0 Å². The molecule has 5 nitrogen and oxygen atoms in total. The third-order valence-electron chi connectivity index (χ3n) is 7.36. The van der Waals surface area contributed by atoms with Crippen LogP contribution in [0.2, 0.25) is 0 Å². The van der Waals surface area contributed by atoms with Gasteiger partial charge in [-0.2, -0.15) is 0 Å². The SMILES string of the molecule is CCCC1=Cc2nc1ccc1[nH]c(cc1CCC)c1nc(c(OC)cc3[nH]c2cc3CCC)C(CCC)=C1. The predicted molar refractivity (Wildman–Crippen MR) is 161 cm³/mol. The van der Waals surface area contributed by atoms with E-state index in [2.05, 4.69) is 80.1 Å². The standard InChI is InChI=1S/C33H40N4O/c1-6-10-21-16-28-29-18-23(12-8-3)27(36-29)20-32(38-5)33-24(13-9-4)19-31(37-33)30-17-22(11-7-2)26(35-30)15-14-25(21)34-28/h14-20,35-36H,6-13H2,1-5H3. The predicted octanol–water partition coefficient (Wildman–Crippen LogP) is 8.91. The fourth-order valence-electron chi connectivity index (χ4n) is 5.54. The Morgan fingerprint density at radius 3 is 1.87 bits per heavy atom. The van der Waals surface area contributed by atoms with Crippen molar-refractivity contribution in [1.29, 1.82) is 0 Å². The van der Waals surface area contributed by atoms with Gasteiger partial charge in [0.25, 0.3) is 0 Å². The first-order valence-electron chi connectivity index (χ1n) is 14.3. The minimum atomic E-state index is 0.792. The maximum absolute atomic E-state index is 6.00. The van der Waals surface area contributed by atoms with Crippen molar-refractivity contribution < 1.29 is 4.74 Å². The molecule has 5 rings (SSSR count). The molecule has 0 unspecified atom stereocenters. The molecule has 8 bridgehead atoms. The van der Waals surface area contributed by atoms with E-state index in [1.165, 1.54) is 22.3 Å². The number of hydrogen-bond donors (Lipinski definition) is 2. The van der Waals surface area contributed by atoms with E-state index < -0.39 is 0 Å². The smallest absolute Gasteiger partial charge is 0.146 e. The Hall–Kier alpha value is -3.60. The second-order valence-electron chi connectivity index (χ2n) is 10.4. The molecule has 2 aliphatic rings. The second-order valence-corrected chi connectivity index (χ2v) is 10.4. The molecule has 2 aliphatic heterocycles. The van der Waals surface area contributed by atoms with Crippen LogP contribution in [0.4, 0.5) is 0 Å². The topological polar surface area (TPSA) is 66.6 Å². The van der Waals surface area contributed by atoms with E-state index in [1.54, 1.807) is 7.11 Å². The van der Waals surface area contributed by atoms with Gasteiger partial charge < -0.3 is 14.7 Å². The minimum absolute atomic E-state index is 0.792. The van der Waals surface area contributed by atoms with Gasteiger partial charge in [0.2, 0.25) is 0 Å². The summed E-state index contributed by atoms with van der Waals surface area (Å²) in [7, 11) is 1.75. The number of fused-ring (bicyclic) bond motifs is 10. The number of aryl methyl sites for hydroxylation is 2. The zero-order valence-electron chi connectivity index (χ0n) is 23.5. The molecule has 2 N–H and O–H groups in total. The molecule has 0 aliphatic carbocycles. The largest absolute Gasteiger partial charge is 0.494 e. The van der Waals surface area contributed by atoms with Crippen LogP contribution in [-0.2, 0) is 12.8 Å². The Morgan fingerprint density at radius 2 is 1.21 bits per heavy atom. The summed E-state index contributed by atoms with van der Waals surface area (Å²) in [5.41, 5.74) is 13.4. The number of aromatic nitrogens is 4. The molecule has 0 saturated heterocycles. The Morgan fingerprint density at radius 1 is 0.632 bits per heavy atom. The highest BCUT2D eigenvalue weighted by Gasteiger charge is 2.18. The zero-order valence-corrected chi connectivity index (χ0v) is 23.5. The molecule has 0 atom stereocenters. The third kappa shape index (κ3) is 5.07. The van der Waals surface area contributed by atoms with Crippen LogP contribution in [-0.4, -0.2) is 27.0 Å². The lowest BCUT2D eigenvalue weighted by molar-refractivity contribution is 0.412. The summed E-state index contributed by atoms with van der Waals surface area (Å²) < 4.78 is 6.00. The van der Waals surface area contributed by atoms with E-state index in [4.69, 9.17) is 14.7 Å². The van der Waals surface area contributed by atoms with Gasteiger partial charge in [-0.15, -0.1) is 0 Å². The maximum atomic E-state index is 6.00. The summed E-state index contributed by atoms with van der Waals surface area (Å²) in [4.78, 5) is 17.6. The number of nitrogens with zero attached hydrogens (tertiary/aromatic N) is 2. The Balaban J connectivity index is 1.90. The van der Waals surface area contributed by atoms with Crippen LogP contribution in [0.1, 0.15) is 100 Å². The monoisotopic (exact) mass is 508 g/mol. The molecule has 5 heteroatoms. The first-order valence-corrected chi connectivity index (χ1v) is 14.3. The van der Waals surface area contributed by atoms with Gasteiger partial charge in [-0.05, 0) is 84.4 Å². The molecular formula is C33H40N4O. The molecule has 0 radical (unpaired) electrons. The van der Waals surface area contributed by atoms with Crippen molar-refractivity contribution in [1.82, 2.24) is 19.9 Å². The zero-order chi connectivity index (χ0) is 26.6. The van der Waals surface area contributed by atoms with E-state index in [0.29, 0.717) is 0 Å². The number of aromatic amines is 2. The van der Waals surface area contributed by atoms with Gasteiger partial charge in [0.1, 0.15) is 11.4 Å². The first kappa shape index (κ1) is 26.0. The highest BCUT2D eigenvalue weighted by Crippen LogP contribution is 2.35. The van der Waals surface area contributed by atoms with Gasteiger partial charge in [-0.3, -0.25) is 0 Å². The molecule has 5 heterocycles. The lowest BCUT2D eigenvalue weighted by atomic mass is 10.1. The summed E-state index contributed by atoms with van der Waals surface area (Å²) in [6, 6.07) is 11.0. The van der Waals surface area contributed by atoms with E-state index in [0.717, 1.165) is 102 Å². The molecule has 38 heavy (non-hydrogen) atoms. The van der Waals surface area contributed by atoms with Crippen molar-refractivity contribution in [3.8, 4) is 5.75 Å². The van der Waals surface area contributed by atoms with Gasteiger partial charge in [-0.1, -0.05) is 53.4 Å². The Bertz CT molecular complexity index is 1550. The van der Waals surface area contributed by atoms with E-state index in [1.807, 2.05) is 0 Å². The van der Waals surface area contributed by atoms with Crippen LogP contribution in [0.5, 0.6) is 5.75 Å². The molecule has 0 saturated carbocycles. The van der Waals surface area contributed by atoms with Crippen LogP contribution in [0.25, 0.3) is 45.4 Å². The fraction of sp³-hybridized carbons (Fsp3) is 0.394. The lowest BCUT2D eigenvalue weighted by Crippen LogP contribution is -1.91. The number of ether oxygens (including phenoxy) is 1. The minimum Gasteiger partial charge on any atom is -0.494 e. The summed E-state index contributed by atoms with van der Waals surface area (Å²) in [5.74, 6) is 0.792. The fourth-order valence-corrected chi connectivity index (χ4v) is 5.54. The molecule has 3 aromatic heterocycles. The summed E-state index contributed by atoms with van der Waals surface area (Å²) in [5, 5.41) is 0. The Labute approximate surface area is 226 Å². The van der Waals surface area contributed by atoms with Crippen molar-refractivity contribution in [2.24, 2.45) is 0 Å². The Kier molecular flexibility index (Phi) is 7.82. The third-order valence-corrected chi connectivity index (χ3v) is 7.36. The van der Waals surface area contributed by atoms with Crippen LogP contribution < -0.4 is 4.74 Å². The number of methoxy groups -OCH3 is 1. The van der Waals surface area contributed by atoms with Crippen LogP contribution in [0, 0.1) is 0 Å². The average Bonchev–Trinajstić information content (AvgIpc) is 3.68. The van der Waals surface area contributed by atoms with Crippen molar-refractivity contribution >= 4 is 45.4 Å². The second kappa shape index (κ2) is 11.4. The molecule has 3 aromatic rings. The maximum Gasteiger partial charge on any atom is 0.146 e. The molecule has 0 fully saturated rings. The van der Waals surface area contributed by atoms with Gasteiger partial charge in [0.15, 0.2) is 0 Å². The van der Waals surface area contributed by atoms with Gasteiger partial charge in [0, 0.05) is 17.1 Å². The molecular weight excluding hydrogens is 468 g/mol. The summed E-state index contributed by atoms with van der Waals surface area (Å²) >= 11 is 0. The average molecular weight is 509 g/mol. The van der Waals surface area contributed by atoms with Crippen molar-refractivity contribution in [3.05, 3.63) is 64.2 Å². The van der Waals surface area contributed by atoms with E-state index >= 15 is 0 Å². The highest BCUT2D eigenvalue weighted by molar-refractivity contribution is 5.91. The molecule has 198 valence electrons. The van der Waals surface area contributed by atoms with Crippen molar-refractivity contribution in [2.45, 2.75) is 79.1 Å². The van der Waals surface area contributed by atoms with Gasteiger partial charge in [0.05, 0.1) is 35.2 Å². The van der Waals surface area contributed by atoms with Crippen LogP contribution in [0.3, 0.4) is 0 Å². The van der Waals surface area contributed by atoms with Crippen LogP contribution in [0.15, 0.2) is 30.3 Å². The molecule has 0 spiro atoms. The van der Waals surface area contributed by atoms with E-state index in [-0.39, 0.29) is 0 Å². The normalized spacial score (nSPS) is 13.0. The molecule has 0 amide bonds. The molecule has 0 aromatic carbocycles. The number of hydrogen-bond acceptors (Lipinski definition) is 3. The highest BCUT2D eigenvalue weighted by atomic mass is 16.5. The summed E-state index contributed by atoms with van der Waals surface area (Å²) in [6.07, 6.45) is 12.7. The van der Waals surface area contributed by atoms with Crippen molar-refractivity contribution in [2.75, 3.05) is 7.11 Å². The van der Waals surface area contributed by atoms with Gasteiger partial charge in [-0.25, -0.2) is 9.97 Å². The van der Waals surface area contributed by atoms with Crippen LogP contribution >= 0.6 is 0 Å². The summed E-state index contributed by atoms with van der Waals surface area (Å²) in [6.45, 7) is 8.88. The lowest BCUT2D eigenvalue weighted by Gasteiger charge is -2.05. The first-order chi connectivity index (χ1) is 18.6. The van der Waals surface area contributed by atoms with E-state index in [9.17, 15) is 0 Å². The number of allylic oxidation sites excluding steroid dienone is 2. The quantitative estimate of drug-likeness (QED) is 0.303. The van der Waals surface area contributed by atoms with Crippen molar-refractivity contribution in [3.63, 3.8) is 0 Å². The number of rotatable bonds is 9.